The van der Waals surface area contributed by atoms with Crippen LogP contribution in [-0.4, -0.2) is 43.2 Å². The van der Waals surface area contributed by atoms with Crippen molar-refractivity contribution in [2.45, 2.75) is 24.9 Å². The predicted molar refractivity (Wildman–Crippen MR) is 78.9 cm³/mol. The van der Waals surface area contributed by atoms with Crippen LogP contribution in [0.3, 0.4) is 0 Å². The summed E-state index contributed by atoms with van der Waals surface area (Å²) in [5.74, 6) is 0.861. The smallest absolute Gasteiger partial charge is 0.327 e. The number of hydrogen-bond acceptors (Lipinski definition) is 5. The van der Waals surface area contributed by atoms with Crippen LogP contribution in [0.5, 0.6) is 5.75 Å². The van der Waals surface area contributed by atoms with E-state index in [9.17, 15) is 4.79 Å². The Bertz CT molecular complexity index is 530. The third kappa shape index (κ3) is 2.89. The average molecular weight is 290 g/mol. The molecular formula is C16H22N2O3. The minimum Gasteiger partial charge on any atom is -0.492 e. The molecular weight excluding hydrogens is 268 g/mol. The highest BCUT2D eigenvalue weighted by molar-refractivity contribution is 5.81. The van der Waals surface area contributed by atoms with E-state index in [0.29, 0.717) is 13.2 Å². The van der Waals surface area contributed by atoms with Gasteiger partial charge in [-0.15, -0.1) is 0 Å². The Balaban J connectivity index is 1.76. The second-order valence-corrected chi connectivity index (χ2v) is 5.97. The maximum absolute atomic E-state index is 12.1. The van der Waals surface area contributed by atoms with Crippen LogP contribution in [-0.2, 0) is 16.1 Å². The van der Waals surface area contributed by atoms with Gasteiger partial charge in [-0.05, 0) is 24.8 Å². The van der Waals surface area contributed by atoms with Crippen molar-refractivity contribution in [1.82, 2.24) is 4.90 Å². The molecule has 0 spiro atoms. The van der Waals surface area contributed by atoms with Gasteiger partial charge in [-0.1, -0.05) is 18.2 Å². The second kappa shape index (κ2) is 5.66. The van der Waals surface area contributed by atoms with Crippen molar-refractivity contribution in [2.75, 3.05) is 26.8 Å². The first kappa shape index (κ1) is 14.4. The van der Waals surface area contributed by atoms with Crippen molar-refractivity contribution in [1.29, 1.82) is 0 Å². The number of carbonyl (C=O) groups excluding carboxylic acids is 1. The first-order valence-corrected chi connectivity index (χ1v) is 7.44. The van der Waals surface area contributed by atoms with E-state index in [1.165, 1.54) is 7.11 Å². The summed E-state index contributed by atoms with van der Waals surface area (Å²) in [5.41, 5.74) is 6.64. The van der Waals surface area contributed by atoms with Crippen LogP contribution >= 0.6 is 0 Å². The second-order valence-electron chi connectivity index (χ2n) is 5.97. The Hall–Kier alpha value is -1.59. The SMILES string of the molecule is COC(=O)C(N)(CN1CCOc2ccccc2C1)C1CC1. The molecule has 1 aromatic rings. The summed E-state index contributed by atoms with van der Waals surface area (Å²) in [7, 11) is 1.41. The molecule has 5 nitrogen and oxygen atoms in total. The quantitative estimate of drug-likeness (QED) is 0.843. The van der Waals surface area contributed by atoms with E-state index in [0.717, 1.165) is 37.2 Å². The molecule has 0 amide bonds. The van der Waals surface area contributed by atoms with Crippen LogP contribution in [0.25, 0.3) is 0 Å². The number of para-hydroxylation sites is 1. The predicted octanol–water partition coefficient (Wildman–Crippen LogP) is 1.16. The lowest BCUT2D eigenvalue weighted by atomic mass is 9.93. The summed E-state index contributed by atoms with van der Waals surface area (Å²) >= 11 is 0. The van der Waals surface area contributed by atoms with Crippen molar-refractivity contribution in [3.05, 3.63) is 29.8 Å². The number of hydrogen-bond donors (Lipinski definition) is 1. The molecule has 1 aromatic carbocycles. The van der Waals surface area contributed by atoms with Crippen molar-refractivity contribution >= 4 is 5.97 Å². The zero-order chi connectivity index (χ0) is 14.9. The number of fused-ring (bicyclic) bond motifs is 1. The standard InChI is InChI=1S/C16H22N2O3/c1-20-15(19)16(17,13-6-7-13)11-18-8-9-21-14-5-3-2-4-12(14)10-18/h2-5,13H,6-11,17H2,1H3. The summed E-state index contributed by atoms with van der Waals surface area (Å²) < 4.78 is 10.7. The lowest BCUT2D eigenvalue weighted by Crippen LogP contribution is -2.58. The fraction of sp³-hybridized carbons (Fsp3) is 0.562. The normalized spacial score (nSPS) is 21.6. The van der Waals surface area contributed by atoms with Crippen LogP contribution < -0.4 is 10.5 Å². The van der Waals surface area contributed by atoms with Gasteiger partial charge in [0.2, 0.25) is 0 Å². The van der Waals surface area contributed by atoms with Gasteiger partial charge in [-0.3, -0.25) is 9.69 Å². The molecule has 1 aliphatic carbocycles. The Morgan fingerprint density at radius 1 is 1.48 bits per heavy atom. The Morgan fingerprint density at radius 3 is 2.95 bits per heavy atom. The lowest BCUT2D eigenvalue weighted by Gasteiger charge is -2.32. The Kier molecular flexibility index (Phi) is 3.87. The number of ether oxygens (including phenoxy) is 2. The zero-order valence-corrected chi connectivity index (χ0v) is 12.4. The molecule has 1 aliphatic heterocycles. The van der Waals surface area contributed by atoms with Gasteiger partial charge in [0.15, 0.2) is 0 Å². The largest absolute Gasteiger partial charge is 0.492 e. The van der Waals surface area contributed by atoms with E-state index in [1.54, 1.807) is 0 Å². The van der Waals surface area contributed by atoms with Crippen molar-refractivity contribution in [3.63, 3.8) is 0 Å². The highest BCUT2D eigenvalue weighted by Gasteiger charge is 2.49. The van der Waals surface area contributed by atoms with Gasteiger partial charge in [-0.25, -0.2) is 0 Å². The molecule has 1 fully saturated rings. The van der Waals surface area contributed by atoms with Crippen LogP contribution in [0.4, 0.5) is 0 Å². The first-order chi connectivity index (χ1) is 10.1. The minimum atomic E-state index is -0.895. The van der Waals surface area contributed by atoms with Gasteiger partial charge < -0.3 is 15.2 Å². The molecule has 1 saturated carbocycles. The molecule has 5 heteroatoms. The minimum absolute atomic E-state index is 0.240. The number of rotatable bonds is 4. The summed E-state index contributed by atoms with van der Waals surface area (Å²) in [6.45, 7) is 2.64. The maximum Gasteiger partial charge on any atom is 0.327 e. The topological polar surface area (TPSA) is 64.8 Å². The molecule has 2 N–H and O–H groups in total. The molecule has 1 atom stereocenters. The van der Waals surface area contributed by atoms with Gasteiger partial charge in [0.1, 0.15) is 17.9 Å². The number of methoxy groups -OCH3 is 1. The van der Waals surface area contributed by atoms with Crippen LogP contribution in [0, 0.1) is 5.92 Å². The van der Waals surface area contributed by atoms with Crippen molar-refractivity contribution in [3.8, 4) is 5.75 Å². The number of nitrogens with two attached hydrogens (primary N) is 1. The van der Waals surface area contributed by atoms with E-state index >= 15 is 0 Å². The van der Waals surface area contributed by atoms with Gasteiger partial charge >= 0.3 is 5.97 Å². The molecule has 0 aromatic heterocycles. The third-order valence-electron chi connectivity index (χ3n) is 4.39. The van der Waals surface area contributed by atoms with Gasteiger partial charge in [0, 0.05) is 25.2 Å². The molecule has 0 radical (unpaired) electrons. The molecule has 2 aliphatic rings. The highest BCUT2D eigenvalue weighted by atomic mass is 16.5. The maximum atomic E-state index is 12.1. The van der Waals surface area contributed by atoms with E-state index in [4.69, 9.17) is 15.2 Å². The Labute approximate surface area is 125 Å². The number of nitrogens with zero attached hydrogens (tertiary/aromatic N) is 1. The molecule has 1 unspecified atom stereocenters. The van der Waals surface area contributed by atoms with Gasteiger partial charge in [0.05, 0.1) is 7.11 Å². The zero-order valence-electron chi connectivity index (χ0n) is 12.4. The van der Waals surface area contributed by atoms with Crippen LogP contribution in [0.1, 0.15) is 18.4 Å². The lowest BCUT2D eigenvalue weighted by molar-refractivity contribution is -0.149. The summed E-state index contributed by atoms with van der Waals surface area (Å²) in [6.07, 6.45) is 2.01. The van der Waals surface area contributed by atoms with E-state index < -0.39 is 5.54 Å². The summed E-state index contributed by atoms with van der Waals surface area (Å²) in [5, 5.41) is 0. The molecule has 21 heavy (non-hydrogen) atoms. The average Bonchev–Trinajstić information content (AvgIpc) is 3.32. The van der Waals surface area contributed by atoms with Gasteiger partial charge in [0.25, 0.3) is 0 Å². The van der Waals surface area contributed by atoms with Crippen LogP contribution in [0.15, 0.2) is 24.3 Å². The first-order valence-electron chi connectivity index (χ1n) is 7.44. The molecule has 1 heterocycles. The number of carbonyl (C=O) groups is 1. The monoisotopic (exact) mass is 290 g/mol. The van der Waals surface area contributed by atoms with E-state index in [2.05, 4.69) is 11.0 Å². The fourth-order valence-electron chi connectivity index (χ4n) is 3.03. The third-order valence-corrected chi connectivity index (χ3v) is 4.39. The summed E-state index contributed by atoms with van der Waals surface area (Å²) in [4.78, 5) is 14.3. The van der Waals surface area contributed by atoms with Crippen molar-refractivity contribution in [2.24, 2.45) is 11.7 Å². The molecule has 114 valence electrons. The fourth-order valence-corrected chi connectivity index (χ4v) is 3.03. The van der Waals surface area contributed by atoms with E-state index in [-0.39, 0.29) is 11.9 Å². The molecule has 0 saturated heterocycles. The highest BCUT2D eigenvalue weighted by Crippen LogP contribution is 2.39. The number of esters is 1. The van der Waals surface area contributed by atoms with Crippen LogP contribution in [0.2, 0.25) is 0 Å². The molecule has 3 rings (SSSR count). The molecule has 0 bridgehead atoms. The number of benzene rings is 1. The van der Waals surface area contributed by atoms with E-state index in [1.807, 2.05) is 18.2 Å². The summed E-state index contributed by atoms with van der Waals surface area (Å²) in [6, 6.07) is 8.01. The Morgan fingerprint density at radius 2 is 2.24 bits per heavy atom. The van der Waals surface area contributed by atoms with Gasteiger partial charge in [-0.2, -0.15) is 0 Å². The van der Waals surface area contributed by atoms with Crippen molar-refractivity contribution < 1.29 is 14.3 Å².